The van der Waals surface area contributed by atoms with Crippen molar-refractivity contribution in [3.8, 4) is 0 Å². The lowest BCUT2D eigenvalue weighted by Crippen LogP contribution is -2.15. The van der Waals surface area contributed by atoms with Crippen molar-refractivity contribution in [3.05, 3.63) is 40.7 Å². The first-order valence-corrected chi connectivity index (χ1v) is 8.49. The molecule has 0 aliphatic carbocycles. The Balaban J connectivity index is 1.96. The van der Waals surface area contributed by atoms with Crippen molar-refractivity contribution in [2.75, 3.05) is 11.8 Å². The second-order valence-electron chi connectivity index (χ2n) is 4.38. The van der Waals surface area contributed by atoms with Gasteiger partial charge in [0, 0.05) is 11.1 Å². The van der Waals surface area contributed by atoms with Crippen LogP contribution >= 0.6 is 11.3 Å². The van der Waals surface area contributed by atoms with E-state index < -0.39 is 16.0 Å². The minimum atomic E-state index is -3.88. The Morgan fingerprint density at radius 3 is 2.95 bits per heavy atom. The monoisotopic (exact) mass is 337 g/mol. The summed E-state index contributed by atoms with van der Waals surface area (Å²) >= 11 is 1.01. The first-order valence-electron chi connectivity index (χ1n) is 6.13. The predicted octanol–water partition coefficient (Wildman–Crippen LogP) is 2.21. The molecule has 0 aliphatic heterocycles. The van der Waals surface area contributed by atoms with Gasteiger partial charge in [-0.25, -0.2) is 13.2 Å². The van der Waals surface area contributed by atoms with Crippen molar-refractivity contribution in [1.82, 2.24) is 10.2 Å². The van der Waals surface area contributed by atoms with Crippen molar-refractivity contribution in [2.45, 2.75) is 4.90 Å². The molecule has 0 aliphatic rings. The van der Waals surface area contributed by atoms with Crippen molar-refractivity contribution in [2.24, 2.45) is 0 Å². The molecule has 0 fully saturated rings. The van der Waals surface area contributed by atoms with E-state index >= 15 is 0 Å². The van der Waals surface area contributed by atoms with Gasteiger partial charge in [0.25, 0.3) is 10.0 Å². The summed E-state index contributed by atoms with van der Waals surface area (Å²) in [7, 11) is -2.67. The molecule has 0 amide bonds. The van der Waals surface area contributed by atoms with Gasteiger partial charge in [-0.2, -0.15) is 5.10 Å². The van der Waals surface area contributed by atoms with Crippen LogP contribution < -0.4 is 4.72 Å². The molecule has 0 atom stereocenters. The maximum atomic E-state index is 12.4. The summed E-state index contributed by atoms with van der Waals surface area (Å²) in [5, 5.41) is 8.96. The van der Waals surface area contributed by atoms with Crippen LogP contribution in [0.3, 0.4) is 0 Å². The molecule has 0 bridgehead atoms. The first kappa shape index (κ1) is 14.5. The SMILES string of the molecule is COC(=O)c1sccc1S(=O)(=O)Nc1ccc2[nH]ncc2c1. The van der Waals surface area contributed by atoms with Crippen molar-refractivity contribution < 1.29 is 17.9 Å². The largest absolute Gasteiger partial charge is 0.465 e. The number of nitrogens with one attached hydrogen (secondary N) is 2. The maximum Gasteiger partial charge on any atom is 0.349 e. The number of carbonyl (C=O) groups excluding carboxylic acids is 1. The van der Waals surface area contributed by atoms with Gasteiger partial charge in [0.05, 0.1) is 18.8 Å². The Morgan fingerprint density at radius 2 is 2.18 bits per heavy atom. The Labute approximate surface area is 130 Å². The molecule has 2 N–H and O–H groups in total. The lowest BCUT2D eigenvalue weighted by Gasteiger charge is -2.08. The fourth-order valence-electron chi connectivity index (χ4n) is 1.97. The Bertz CT molecular complexity index is 943. The summed E-state index contributed by atoms with van der Waals surface area (Å²) in [6.07, 6.45) is 1.59. The van der Waals surface area contributed by atoms with E-state index in [1.54, 1.807) is 24.4 Å². The summed E-state index contributed by atoms with van der Waals surface area (Å²) in [4.78, 5) is 11.6. The van der Waals surface area contributed by atoms with Gasteiger partial charge in [0.1, 0.15) is 9.77 Å². The third-order valence-corrected chi connectivity index (χ3v) is 5.43. The Kier molecular flexibility index (Phi) is 3.59. The summed E-state index contributed by atoms with van der Waals surface area (Å²) in [6, 6.07) is 6.35. The molecular formula is C13H11N3O4S2. The maximum absolute atomic E-state index is 12.4. The number of methoxy groups -OCH3 is 1. The van der Waals surface area contributed by atoms with E-state index in [4.69, 9.17) is 0 Å². The highest BCUT2D eigenvalue weighted by molar-refractivity contribution is 7.93. The molecule has 2 aromatic heterocycles. The molecule has 9 heteroatoms. The van der Waals surface area contributed by atoms with Gasteiger partial charge in [0.15, 0.2) is 0 Å². The normalized spacial score (nSPS) is 11.5. The molecule has 0 unspecified atom stereocenters. The first-order chi connectivity index (χ1) is 10.5. The van der Waals surface area contributed by atoms with Gasteiger partial charge in [-0.1, -0.05) is 0 Å². The van der Waals surface area contributed by atoms with Crippen LogP contribution in [0.25, 0.3) is 10.9 Å². The average Bonchev–Trinajstić information content (AvgIpc) is 3.14. The fraction of sp³-hybridized carbons (Fsp3) is 0.0769. The summed E-state index contributed by atoms with van der Waals surface area (Å²) in [5.74, 6) is -0.680. The van der Waals surface area contributed by atoms with E-state index in [0.717, 1.165) is 22.2 Å². The van der Waals surface area contributed by atoms with Crippen molar-refractivity contribution >= 4 is 43.9 Å². The molecule has 3 aromatic rings. The molecule has 7 nitrogen and oxygen atoms in total. The number of hydrogen-bond donors (Lipinski definition) is 2. The third-order valence-electron chi connectivity index (χ3n) is 2.98. The zero-order valence-electron chi connectivity index (χ0n) is 11.4. The Hall–Kier alpha value is -2.39. The van der Waals surface area contributed by atoms with Gasteiger partial charge in [0.2, 0.25) is 0 Å². The fourth-order valence-corrected chi connectivity index (χ4v) is 4.35. The summed E-state index contributed by atoms with van der Waals surface area (Å²) < 4.78 is 31.9. The number of thiophene rings is 1. The number of esters is 1. The average molecular weight is 337 g/mol. The van der Waals surface area contributed by atoms with Crippen LogP contribution in [0.1, 0.15) is 9.67 Å². The number of anilines is 1. The van der Waals surface area contributed by atoms with Gasteiger partial charge >= 0.3 is 5.97 Å². The number of carbonyl (C=O) groups is 1. The lowest BCUT2D eigenvalue weighted by molar-refractivity contribution is 0.0602. The number of aromatic amines is 1. The molecule has 0 radical (unpaired) electrons. The van der Waals surface area contributed by atoms with E-state index in [2.05, 4.69) is 19.7 Å². The minimum absolute atomic E-state index is 0.0411. The number of benzene rings is 1. The zero-order chi connectivity index (χ0) is 15.7. The second kappa shape index (κ2) is 5.43. The summed E-state index contributed by atoms with van der Waals surface area (Å²) in [6.45, 7) is 0. The van der Waals surface area contributed by atoms with Crippen LogP contribution in [-0.4, -0.2) is 31.7 Å². The third kappa shape index (κ3) is 2.55. The molecular weight excluding hydrogens is 326 g/mol. The summed E-state index contributed by atoms with van der Waals surface area (Å²) in [5.41, 5.74) is 1.18. The predicted molar refractivity (Wildman–Crippen MR) is 82.6 cm³/mol. The van der Waals surface area contributed by atoms with E-state index in [1.165, 1.54) is 18.6 Å². The molecule has 114 valence electrons. The number of sulfonamides is 1. The molecule has 0 saturated heterocycles. The van der Waals surface area contributed by atoms with Gasteiger partial charge in [-0.15, -0.1) is 11.3 Å². The van der Waals surface area contributed by atoms with Gasteiger partial charge in [-0.3, -0.25) is 9.82 Å². The van der Waals surface area contributed by atoms with E-state index in [-0.39, 0.29) is 9.77 Å². The van der Waals surface area contributed by atoms with E-state index in [9.17, 15) is 13.2 Å². The van der Waals surface area contributed by atoms with E-state index in [0.29, 0.717) is 5.69 Å². The highest BCUT2D eigenvalue weighted by Gasteiger charge is 2.24. The van der Waals surface area contributed by atoms with Gasteiger partial charge in [-0.05, 0) is 29.6 Å². The highest BCUT2D eigenvalue weighted by Crippen LogP contribution is 2.26. The van der Waals surface area contributed by atoms with Crippen LogP contribution in [0.15, 0.2) is 40.7 Å². The van der Waals surface area contributed by atoms with Crippen molar-refractivity contribution in [3.63, 3.8) is 0 Å². The molecule has 3 rings (SSSR count). The molecule has 2 heterocycles. The number of H-pyrrole nitrogens is 1. The quantitative estimate of drug-likeness (QED) is 0.711. The molecule has 1 aromatic carbocycles. The van der Waals surface area contributed by atoms with Gasteiger partial charge < -0.3 is 4.74 Å². The number of aromatic nitrogens is 2. The smallest absolute Gasteiger partial charge is 0.349 e. The highest BCUT2D eigenvalue weighted by atomic mass is 32.2. The number of rotatable bonds is 4. The topological polar surface area (TPSA) is 101 Å². The van der Waals surface area contributed by atoms with Crippen molar-refractivity contribution in [1.29, 1.82) is 0 Å². The molecule has 0 saturated carbocycles. The second-order valence-corrected chi connectivity index (χ2v) is 6.95. The molecule has 22 heavy (non-hydrogen) atoms. The number of hydrogen-bond acceptors (Lipinski definition) is 6. The lowest BCUT2D eigenvalue weighted by atomic mass is 10.2. The van der Waals surface area contributed by atoms with Crippen LogP contribution in [0.5, 0.6) is 0 Å². The number of ether oxygens (including phenoxy) is 1. The minimum Gasteiger partial charge on any atom is -0.465 e. The number of nitrogens with zero attached hydrogens (tertiary/aromatic N) is 1. The van der Waals surface area contributed by atoms with Crippen LogP contribution in [0.2, 0.25) is 0 Å². The number of fused-ring (bicyclic) bond motifs is 1. The van der Waals surface area contributed by atoms with E-state index in [1.807, 2.05) is 0 Å². The van der Waals surface area contributed by atoms with Crippen LogP contribution in [0, 0.1) is 0 Å². The molecule has 0 spiro atoms. The van der Waals surface area contributed by atoms with Crippen LogP contribution in [0.4, 0.5) is 5.69 Å². The standard InChI is InChI=1S/C13H11N3O4S2/c1-20-13(17)12-11(4-5-21-12)22(18,19)16-9-2-3-10-8(6-9)7-14-15-10/h2-7,16H,1H3,(H,14,15). The Morgan fingerprint density at radius 1 is 1.36 bits per heavy atom. The zero-order valence-corrected chi connectivity index (χ0v) is 13.0. The van der Waals surface area contributed by atoms with Crippen LogP contribution in [-0.2, 0) is 14.8 Å².